The Balaban J connectivity index is 1.42. The standard InChI is InChI=1S/C32H40F4O/c1-3-5-7-21-8-12-23(13-9-21)26-18-19-28(32(36)30(26)34)27-17-15-24(29(33)31(27)35)14-10-22-11-16-25(6-4-2)37-20-22/h3,15,17-19,21-23,25H,1,4-14,16,20H2,2H3. The molecule has 0 bridgehead atoms. The van der Waals surface area contributed by atoms with Crippen molar-refractivity contribution in [2.75, 3.05) is 6.61 Å². The fraction of sp³-hybridized carbons (Fsp3) is 0.562. The first-order valence-electron chi connectivity index (χ1n) is 14.1. The highest BCUT2D eigenvalue weighted by Crippen LogP contribution is 2.40. The molecule has 0 radical (unpaired) electrons. The summed E-state index contributed by atoms with van der Waals surface area (Å²) in [7, 11) is 0. The Hall–Kier alpha value is -2.14. The molecule has 0 spiro atoms. The van der Waals surface area contributed by atoms with Crippen LogP contribution in [0.2, 0.25) is 0 Å². The zero-order valence-corrected chi connectivity index (χ0v) is 22.0. The lowest BCUT2D eigenvalue weighted by atomic mass is 9.77. The molecule has 37 heavy (non-hydrogen) atoms. The Morgan fingerprint density at radius 2 is 1.46 bits per heavy atom. The Morgan fingerprint density at radius 1 is 0.784 bits per heavy atom. The van der Waals surface area contributed by atoms with Crippen molar-refractivity contribution in [3.05, 3.63) is 71.3 Å². The van der Waals surface area contributed by atoms with E-state index in [0.717, 1.165) is 64.2 Å². The molecule has 2 unspecified atom stereocenters. The average molecular weight is 517 g/mol. The van der Waals surface area contributed by atoms with E-state index in [1.54, 1.807) is 6.07 Å². The highest BCUT2D eigenvalue weighted by molar-refractivity contribution is 5.66. The van der Waals surface area contributed by atoms with Crippen LogP contribution < -0.4 is 0 Å². The first kappa shape index (κ1) is 27.9. The minimum atomic E-state index is -1.12. The topological polar surface area (TPSA) is 9.23 Å². The highest BCUT2D eigenvalue weighted by atomic mass is 19.2. The molecule has 1 nitrogen and oxygen atoms in total. The van der Waals surface area contributed by atoms with E-state index in [9.17, 15) is 4.39 Å². The third-order valence-corrected chi connectivity index (χ3v) is 8.53. The number of halogens is 4. The minimum absolute atomic E-state index is 0.0477. The summed E-state index contributed by atoms with van der Waals surface area (Å²) in [6, 6.07) is 5.85. The maximum atomic E-state index is 15.1. The molecule has 2 aromatic rings. The van der Waals surface area contributed by atoms with Crippen LogP contribution in [0, 0.1) is 35.1 Å². The lowest BCUT2D eigenvalue weighted by molar-refractivity contribution is -0.0218. The normalized spacial score (nSPS) is 24.2. The smallest absolute Gasteiger partial charge is 0.167 e. The maximum Gasteiger partial charge on any atom is 0.167 e. The summed E-state index contributed by atoms with van der Waals surface area (Å²) < 4.78 is 66.2. The number of benzene rings is 2. The van der Waals surface area contributed by atoms with E-state index in [1.165, 1.54) is 18.2 Å². The fourth-order valence-corrected chi connectivity index (χ4v) is 6.19. The highest BCUT2D eigenvalue weighted by Gasteiger charge is 2.28. The molecule has 0 amide bonds. The van der Waals surface area contributed by atoms with Crippen LogP contribution in [-0.4, -0.2) is 12.7 Å². The summed E-state index contributed by atoms with van der Waals surface area (Å²) in [5.74, 6) is -3.25. The quantitative estimate of drug-likeness (QED) is 0.226. The van der Waals surface area contributed by atoms with Crippen LogP contribution in [0.4, 0.5) is 17.6 Å². The molecular formula is C32H40F4O. The van der Waals surface area contributed by atoms with Gasteiger partial charge < -0.3 is 4.74 Å². The molecule has 202 valence electrons. The molecule has 2 atom stereocenters. The maximum absolute atomic E-state index is 15.1. The molecule has 0 N–H and O–H groups in total. The Morgan fingerprint density at radius 3 is 2.11 bits per heavy atom. The van der Waals surface area contributed by atoms with Gasteiger partial charge in [0.05, 0.1) is 6.10 Å². The monoisotopic (exact) mass is 516 g/mol. The van der Waals surface area contributed by atoms with Crippen LogP contribution >= 0.6 is 0 Å². The van der Waals surface area contributed by atoms with Gasteiger partial charge in [-0.15, -0.1) is 6.58 Å². The van der Waals surface area contributed by atoms with Crippen molar-refractivity contribution in [2.45, 2.75) is 96.0 Å². The van der Waals surface area contributed by atoms with Gasteiger partial charge in [0.25, 0.3) is 0 Å². The van der Waals surface area contributed by atoms with E-state index in [4.69, 9.17) is 4.74 Å². The van der Waals surface area contributed by atoms with Gasteiger partial charge in [0.1, 0.15) is 0 Å². The summed E-state index contributed by atoms with van der Waals surface area (Å²) in [6.07, 6.45) is 13.2. The molecular weight excluding hydrogens is 476 g/mol. The number of allylic oxidation sites excluding steroid dienone is 1. The van der Waals surface area contributed by atoms with Crippen molar-refractivity contribution in [3.63, 3.8) is 0 Å². The van der Waals surface area contributed by atoms with Gasteiger partial charge in [0.2, 0.25) is 0 Å². The van der Waals surface area contributed by atoms with Crippen molar-refractivity contribution < 1.29 is 22.3 Å². The second-order valence-corrected chi connectivity index (χ2v) is 11.0. The molecule has 2 aromatic carbocycles. The Kier molecular flexibility index (Phi) is 9.86. The zero-order valence-electron chi connectivity index (χ0n) is 22.0. The zero-order chi connectivity index (χ0) is 26.4. The van der Waals surface area contributed by atoms with Gasteiger partial charge in [-0.1, -0.05) is 43.7 Å². The van der Waals surface area contributed by atoms with Crippen molar-refractivity contribution in [2.24, 2.45) is 11.8 Å². The average Bonchev–Trinajstić information content (AvgIpc) is 2.92. The second kappa shape index (κ2) is 13.1. The van der Waals surface area contributed by atoms with Gasteiger partial charge in [-0.05, 0) is 99.5 Å². The van der Waals surface area contributed by atoms with E-state index in [-0.39, 0.29) is 22.6 Å². The molecule has 1 heterocycles. The SMILES string of the molecule is C=CCCC1CCC(c2ccc(-c3ccc(CCC4CCC(CCC)OC4)c(F)c3F)c(F)c2F)CC1. The predicted octanol–water partition coefficient (Wildman–Crippen LogP) is 9.68. The molecule has 1 aliphatic heterocycles. The molecule has 1 saturated heterocycles. The van der Waals surface area contributed by atoms with Gasteiger partial charge in [-0.3, -0.25) is 0 Å². The Bertz CT molecular complexity index is 1050. The van der Waals surface area contributed by atoms with Crippen LogP contribution in [0.5, 0.6) is 0 Å². The van der Waals surface area contributed by atoms with E-state index < -0.39 is 23.3 Å². The molecule has 0 aromatic heterocycles. The van der Waals surface area contributed by atoms with Crippen LogP contribution in [-0.2, 0) is 11.2 Å². The van der Waals surface area contributed by atoms with Crippen molar-refractivity contribution >= 4 is 0 Å². The van der Waals surface area contributed by atoms with Gasteiger partial charge in [0, 0.05) is 17.7 Å². The van der Waals surface area contributed by atoms with Gasteiger partial charge in [-0.2, -0.15) is 0 Å². The fourth-order valence-electron chi connectivity index (χ4n) is 6.19. The second-order valence-electron chi connectivity index (χ2n) is 11.0. The lowest BCUT2D eigenvalue weighted by Gasteiger charge is -2.29. The van der Waals surface area contributed by atoms with Crippen LogP contribution in [0.25, 0.3) is 11.1 Å². The van der Waals surface area contributed by atoms with E-state index in [0.29, 0.717) is 43.0 Å². The first-order chi connectivity index (χ1) is 17.9. The molecule has 1 aliphatic carbocycles. The minimum Gasteiger partial charge on any atom is -0.378 e. The van der Waals surface area contributed by atoms with Gasteiger partial charge >= 0.3 is 0 Å². The third kappa shape index (κ3) is 6.66. The lowest BCUT2D eigenvalue weighted by Crippen LogP contribution is -2.26. The summed E-state index contributed by atoms with van der Waals surface area (Å²) in [5.41, 5.74) is 0.145. The summed E-state index contributed by atoms with van der Waals surface area (Å²) in [4.78, 5) is 0. The van der Waals surface area contributed by atoms with Gasteiger partial charge in [0.15, 0.2) is 23.3 Å². The van der Waals surface area contributed by atoms with Gasteiger partial charge in [-0.25, -0.2) is 17.6 Å². The molecule has 5 heteroatoms. The molecule has 4 rings (SSSR count). The number of aryl methyl sites for hydroxylation is 1. The molecule has 2 fully saturated rings. The largest absolute Gasteiger partial charge is 0.378 e. The molecule has 2 aliphatic rings. The van der Waals surface area contributed by atoms with Crippen molar-refractivity contribution in [1.29, 1.82) is 0 Å². The first-order valence-corrected chi connectivity index (χ1v) is 14.1. The van der Waals surface area contributed by atoms with Crippen molar-refractivity contribution in [1.82, 2.24) is 0 Å². The van der Waals surface area contributed by atoms with Crippen LogP contribution in [0.15, 0.2) is 36.9 Å². The Labute approximate surface area is 219 Å². The van der Waals surface area contributed by atoms with E-state index >= 15 is 13.2 Å². The molecule has 1 saturated carbocycles. The third-order valence-electron chi connectivity index (χ3n) is 8.53. The number of rotatable bonds is 10. The van der Waals surface area contributed by atoms with Crippen molar-refractivity contribution in [3.8, 4) is 11.1 Å². The summed E-state index contributed by atoms with van der Waals surface area (Å²) in [6.45, 7) is 6.56. The van der Waals surface area contributed by atoms with E-state index in [2.05, 4.69) is 13.5 Å². The predicted molar refractivity (Wildman–Crippen MR) is 142 cm³/mol. The number of ether oxygens (including phenoxy) is 1. The summed E-state index contributed by atoms with van der Waals surface area (Å²) in [5, 5.41) is 0. The van der Waals surface area contributed by atoms with E-state index in [1.807, 2.05) is 6.08 Å². The summed E-state index contributed by atoms with van der Waals surface area (Å²) >= 11 is 0. The van der Waals surface area contributed by atoms with Crippen LogP contribution in [0.1, 0.15) is 94.6 Å². The number of hydrogen-bond acceptors (Lipinski definition) is 1. The van der Waals surface area contributed by atoms with Crippen LogP contribution in [0.3, 0.4) is 0 Å². The number of hydrogen-bond donors (Lipinski definition) is 0.